The first-order chi connectivity index (χ1) is 19.3. The number of pyridine rings is 1. The Kier molecular flexibility index (Phi) is 6.53. The number of nitrogens with zero attached hydrogens (tertiary/aromatic N) is 3. The summed E-state index contributed by atoms with van der Waals surface area (Å²) in [6.45, 7) is 0. The molecular formula is C31H28FN3O5. The predicted molar refractivity (Wildman–Crippen MR) is 145 cm³/mol. The Bertz CT molecular complexity index is 1640. The average molecular weight is 542 g/mol. The maximum Gasteiger partial charge on any atom is 0.253 e. The van der Waals surface area contributed by atoms with E-state index < -0.39 is 12.1 Å². The second-order valence-corrected chi connectivity index (χ2v) is 10.6. The van der Waals surface area contributed by atoms with E-state index >= 15 is 4.39 Å². The summed E-state index contributed by atoms with van der Waals surface area (Å²) < 4.78 is 39.2. The standard InChI is InChI=1S/C31H28FN3O5/c1-35(2)30(36)19-6-4-18(5-7-19)26-15-25-29(39-26)23(8-11-34-25)20-12-21(17-33)28(24(32)13-20)38-22-14-27(37-3)40-31(16-22)9-10-31/h4-8,11-13,15,22,27H,9-10,14,16H2,1-3H3. The number of carbonyl (C=O) groups is 1. The maximum absolute atomic E-state index is 15.5. The van der Waals surface area contributed by atoms with E-state index in [1.165, 1.54) is 11.0 Å². The molecule has 204 valence electrons. The molecular weight excluding hydrogens is 513 g/mol. The number of benzene rings is 2. The van der Waals surface area contributed by atoms with E-state index in [1.54, 1.807) is 57.7 Å². The van der Waals surface area contributed by atoms with E-state index in [2.05, 4.69) is 11.1 Å². The summed E-state index contributed by atoms with van der Waals surface area (Å²) in [5, 5.41) is 9.91. The predicted octanol–water partition coefficient (Wildman–Crippen LogP) is 5.94. The molecule has 2 unspecified atom stereocenters. The third-order valence-electron chi connectivity index (χ3n) is 7.50. The highest BCUT2D eigenvalue weighted by atomic mass is 19.1. The molecule has 2 fully saturated rings. The molecule has 8 nitrogen and oxygen atoms in total. The van der Waals surface area contributed by atoms with E-state index in [4.69, 9.17) is 18.6 Å². The molecule has 0 bridgehead atoms. The third kappa shape index (κ3) is 4.81. The number of amides is 1. The molecule has 2 aliphatic rings. The number of furan rings is 1. The van der Waals surface area contributed by atoms with Gasteiger partial charge >= 0.3 is 0 Å². The lowest BCUT2D eigenvalue weighted by Crippen LogP contribution is -2.40. The van der Waals surface area contributed by atoms with Crippen LogP contribution in [-0.4, -0.2) is 55.0 Å². The summed E-state index contributed by atoms with van der Waals surface area (Å²) in [4.78, 5) is 18.2. The van der Waals surface area contributed by atoms with E-state index in [1.807, 2.05) is 12.1 Å². The molecule has 4 aromatic rings. The Morgan fingerprint density at radius 3 is 2.60 bits per heavy atom. The average Bonchev–Trinajstić information content (AvgIpc) is 3.54. The number of carbonyl (C=O) groups excluding carboxylic acids is 1. The van der Waals surface area contributed by atoms with Gasteiger partial charge in [-0.25, -0.2) is 4.39 Å². The van der Waals surface area contributed by atoms with Crippen LogP contribution in [0.2, 0.25) is 0 Å². The molecule has 9 heteroatoms. The fraction of sp³-hybridized carbons (Fsp3) is 0.323. The van der Waals surface area contributed by atoms with Gasteiger partial charge in [-0.05, 0) is 48.7 Å². The van der Waals surface area contributed by atoms with Crippen molar-refractivity contribution < 1.29 is 27.8 Å². The van der Waals surface area contributed by atoms with Gasteiger partial charge < -0.3 is 23.5 Å². The summed E-state index contributed by atoms with van der Waals surface area (Å²) in [7, 11) is 4.98. The van der Waals surface area contributed by atoms with Crippen molar-refractivity contribution in [2.24, 2.45) is 0 Å². The summed E-state index contributed by atoms with van der Waals surface area (Å²) in [6, 6.07) is 15.7. The highest BCUT2D eigenvalue weighted by molar-refractivity contribution is 5.95. The van der Waals surface area contributed by atoms with Gasteiger partial charge in [0.2, 0.25) is 0 Å². The van der Waals surface area contributed by atoms with Crippen LogP contribution < -0.4 is 4.74 Å². The Morgan fingerprint density at radius 2 is 1.93 bits per heavy atom. The summed E-state index contributed by atoms with van der Waals surface area (Å²) in [5.74, 6) is -0.231. The summed E-state index contributed by atoms with van der Waals surface area (Å²) in [5.41, 5.74) is 3.28. The molecule has 1 amide bonds. The van der Waals surface area contributed by atoms with Crippen LogP contribution in [-0.2, 0) is 9.47 Å². The lowest BCUT2D eigenvalue weighted by Gasteiger charge is -2.35. The van der Waals surface area contributed by atoms with Crippen molar-refractivity contribution in [3.05, 3.63) is 71.7 Å². The van der Waals surface area contributed by atoms with E-state index in [0.717, 1.165) is 18.4 Å². The molecule has 1 saturated heterocycles. The van der Waals surface area contributed by atoms with Crippen molar-refractivity contribution in [2.75, 3.05) is 21.2 Å². The lowest BCUT2D eigenvalue weighted by molar-refractivity contribution is -0.211. The van der Waals surface area contributed by atoms with Gasteiger partial charge in [0, 0.05) is 63.0 Å². The summed E-state index contributed by atoms with van der Waals surface area (Å²) in [6.07, 6.45) is 3.79. The number of methoxy groups -OCH3 is 1. The number of hydrogen-bond donors (Lipinski definition) is 0. The van der Waals surface area contributed by atoms with Gasteiger partial charge in [-0.2, -0.15) is 5.26 Å². The quantitative estimate of drug-likeness (QED) is 0.298. The number of nitriles is 1. The highest BCUT2D eigenvalue weighted by Gasteiger charge is 2.51. The lowest BCUT2D eigenvalue weighted by atomic mass is 10.0. The molecule has 0 radical (unpaired) electrons. The molecule has 1 saturated carbocycles. The first-order valence-electron chi connectivity index (χ1n) is 13.1. The molecule has 1 aliphatic heterocycles. The topological polar surface area (TPSA) is 97.8 Å². The van der Waals surface area contributed by atoms with Crippen molar-refractivity contribution in [3.8, 4) is 34.3 Å². The van der Waals surface area contributed by atoms with E-state index in [0.29, 0.717) is 46.4 Å². The molecule has 2 aromatic heterocycles. The molecule has 0 N–H and O–H groups in total. The smallest absolute Gasteiger partial charge is 0.253 e. The second kappa shape index (κ2) is 10.0. The molecule has 6 rings (SSSR count). The Balaban J connectivity index is 1.31. The minimum atomic E-state index is -0.628. The number of rotatable bonds is 6. The molecule has 1 spiro atoms. The van der Waals surface area contributed by atoms with Gasteiger partial charge in [-0.3, -0.25) is 9.78 Å². The Morgan fingerprint density at radius 1 is 1.15 bits per heavy atom. The highest BCUT2D eigenvalue weighted by Crippen LogP contribution is 2.49. The van der Waals surface area contributed by atoms with Crippen LogP contribution in [0.3, 0.4) is 0 Å². The number of fused-ring (bicyclic) bond motifs is 1. The van der Waals surface area contributed by atoms with Crippen molar-refractivity contribution in [1.82, 2.24) is 9.88 Å². The third-order valence-corrected chi connectivity index (χ3v) is 7.50. The van der Waals surface area contributed by atoms with Crippen LogP contribution >= 0.6 is 0 Å². The Labute approximate surface area is 230 Å². The van der Waals surface area contributed by atoms with Crippen LogP contribution in [0.5, 0.6) is 5.75 Å². The first-order valence-corrected chi connectivity index (χ1v) is 13.1. The largest absolute Gasteiger partial charge is 0.486 e. The molecule has 2 aromatic carbocycles. The van der Waals surface area contributed by atoms with Gasteiger partial charge in [0.25, 0.3) is 5.91 Å². The van der Waals surface area contributed by atoms with Gasteiger partial charge in [0.05, 0.1) is 11.2 Å². The van der Waals surface area contributed by atoms with Crippen LogP contribution in [0.1, 0.15) is 41.6 Å². The molecule has 3 heterocycles. The molecule has 1 aliphatic carbocycles. The minimum Gasteiger partial charge on any atom is -0.486 e. The fourth-order valence-corrected chi connectivity index (χ4v) is 5.24. The van der Waals surface area contributed by atoms with Gasteiger partial charge in [0.1, 0.15) is 23.5 Å². The number of halogens is 1. The van der Waals surface area contributed by atoms with E-state index in [9.17, 15) is 10.1 Å². The summed E-state index contributed by atoms with van der Waals surface area (Å²) >= 11 is 0. The van der Waals surface area contributed by atoms with Crippen molar-refractivity contribution in [1.29, 1.82) is 5.26 Å². The van der Waals surface area contributed by atoms with E-state index in [-0.39, 0.29) is 28.9 Å². The normalized spacial score (nSPS) is 19.4. The van der Waals surface area contributed by atoms with Crippen molar-refractivity contribution in [3.63, 3.8) is 0 Å². The Hall–Kier alpha value is -4.26. The molecule has 40 heavy (non-hydrogen) atoms. The van der Waals surface area contributed by atoms with Crippen LogP contribution in [0.15, 0.2) is 59.1 Å². The van der Waals surface area contributed by atoms with Crippen LogP contribution in [0.4, 0.5) is 4.39 Å². The monoisotopic (exact) mass is 541 g/mol. The van der Waals surface area contributed by atoms with Crippen molar-refractivity contribution >= 4 is 17.0 Å². The number of aromatic nitrogens is 1. The zero-order chi connectivity index (χ0) is 28.0. The van der Waals surface area contributed by atoms with Gasteiger partial charge in [0.15, 0.2) is 23.4 Å². The maximum atomic E-state index is 15.5. The minimum absolute atomic E-state index is 0.0680. The fourth-order valence-electron chi connectivity index (χ4n) is 5.24. The zero-order valence-electron chi connectivity index (χ0n) is 22.4. The van der Waals surface area contributed by atoms with Crippen molar-refractivity contribution in [2.45, 2.75) is 43.7 Å². The van der Waals surface area contributed by atoms with Gasteiger partial charge in [-0.1, -0.05) is 12.1 Å². The zero-order valence-corrected chi connectivity index (χ0v) is 22.4. The van der Waals surface area contributed by atoms with Crippen LogP contribution in [0, 0.1) is 17.1 Å². The first kappa shape index (κ1) is 26.0. The SMILES string of the molecule is COC1CC(Oc2c(F)cc(-c3ccnc4cc(-c5ccc(C(=O)N(C)C)cc5)oc34)cc2C#N)CC2(CC2)O1. The number of hydrogen-bond acceptors (Lipinski definition) is 7. The molecule has 2 atom stereocenters. The second-order valence-electron chi connectivity index (χ2n) is 10.6. The van der Waals surface area contributed by atoms with Gasteiger partial charge in [-0.15, -0.1) is 0 Å². The van der Waals surface area contributed by atoms with Crippen LogP contribution in [0.25, 0.3) is 33.6 Å². The number of ether oxygens (including phenoxy) is 3.